The van der Waals surface area contributed by atoms with Crippen LogP contribution in [0.1, 0.15) is 26.3 Å². The Bertz CT molecular complexity index is 530. The van der Waals surface area contributed by atoms with Crippen LogP contribution >= 0.6 is 0 Å². The zero-order valence-corrected chi connectivity index (χ0v) is 12.1. The van der Waals surface area contributed by atoms with Gasteiger partial charge in [0.1, 0.15) is 12.6 Å². The maximum atomic E-state index is 12.1. The summed E-state index contributed by atoms with van der Waals surface area (Å²) in [5.74, 6) is -0.383. The maximum Gasteiger partial charge on any atom is 0.242 e. The highest BCUT2D eigenvalue weighted by Crippen LogP contribution is 2.19. The van der Waals surface area contributed by atoms with E-state index in [1.54, 1.807) is 29.2 Å². The van der Waals surface area contributed by atoms with Crippen LogP contribution in [-0.2, 0) is 9.59 Å². The smallest absolute Gasteiger partial charge is 0.242 e. The van der Waals surface area contributed by atoms with Gasteiger partial charge < -0.3 is 9.80 Å². The summed E-state index contributed by atoms with van der Waals surface area (Å²) in [5.41, 5.74) is 0.859. The van der Waals surface area contributed by atoms with Crippen LogP contribution in [0.25, 0.3) is 0 Å². The molecule has 0 unspecified atom stereocenters. The standard InChI is InChI=1S/C15H19N3O2/c1-4-17(5-2)15(20)11-18(12(3)19)14-9-7-6-8-13(14)10-16/h6-9H,4-5,11H2,1-3H3. The van der Waals surface area contributed by atoms with Gasteiger partial charge in [-0.2, -0.15) is 5.26 Å². The normalized spacial score (nSPS) is 9.70. The van der Waals surface area contributed by atoms with Gasteiger partial charge in [-0.3, -0.25) is 9.59 Å². The molecule has 1 aromatic carbocycles. The van der Waals surface area contributed by atoms with E-state index in [0.29, 0.717) is 24.3 Å². The molecule has 0 aromatic heterocycles. The van der Waals surface area contributed by atoms with Gasteiger partial charge in [-0.25, -0.2) is 0 Å². The van der Waals surface area contributed by atoms with E-state index in [9.17, 15) is 9.59 Å². The summed E-state index contributed by atoms with van der Waals surface area (Å²) in [6.45, 7) is 6.33. The van der Waals surface area contributed by atoms with E-state index in [0.717, 1.165) is 0 Å². The van der Waals surface area contributed by atoms with Gasteiger partial charge >= 0.3 is 0 Å². The van der Waals surface area contributed by atoms with Crippen LogP contribution in [0.3, 0.4) is 0 Å². The molecule has 0 saturated carbocycles. The van der Waals surface area contributed by atoms with Crippen LogP contribution in [0, 0.1) is 11.3 Å². The Kier molecular flexibility index (Phi) is 5.73. The number of nitriles is 1. The third kappa shape index (κ3) is 3.58. The van der Waals surface area contributed by atoms with E-state index < -0.39 is 0 Å². The monoisotopic (exact) mass is 273 g/mol. The van der Waals surface area contributed by atoms with Crippen molar-refractivity contribution in [1.82, 2.24) is 4.90 Å². The molecule has 0 spiro atoms. The summed E-state index contributed by atoms with van der Waals surface area (Å²) in [6, 6.07) is 8.82. The van der Waals surface area contributed by atoms with Gasteiger partial charge in [-0.1, -0.05) is 12.1 Å². The minimum atomic E-state index is -0.256. The van der Waals surface area contributed by atoms with Crippen molar-refractivity contribution in [1.29, 1.82) is 5.26 Å². The van der Waals surface area contributed by atoms with E-state index in [2.05, 4.69) is 0 Å². The van der Waals surface area contributed by atoms with Crippen molar-refractivity contribution in [2.45, 2.75) is 20.8 Å². The molecule has 0 N–H and O–H groups in total. The average Bonchev–Trinajstić information content (AvgIpc) is 2.45. The molecule has 0 bridgehead atoms. The van der Waals surface area contributed by atoms with Gasteiger partial charge in [-0.15, -0.1) is 0 Å². The molecule has 0 saturated heterocycles. The van der Waals surface area contributed by atoms with Gasteiger partial charge in [0, 0.05) is 20.0 Å². The molecule has 0 heterocycles. The Morgan fingerprint density at radius 1 is 1.20 bits per heavy atom. The van der Waals surface area contributed by atoms with Crippen molar-refractivity contribution in [2.24, 2.45) is 0 Å². The number of carbonyl (C=O) groups is 2. The Labute approximate surface area is 119 Å². The number of hydrogen-bond acceptors (Lipinski definition) is 3. The van der Waals surface area contributed by atoms with Crippen LogP contribution in [0.15, 0.2) is 24.3 Å². The Morgan fingerprint density at radius 3 is 2.30 bits per heavy atom. The molecule has 0 aliphatic carbocycles. The van der Waals surface area contributed by atoms with Crippen molar-refractivity contribution in [3.63, 3.8) is 0 Å². The second-order valence-corrected chi connectivity index (χ2v) is 4.30. The SMILES string of the molecule is CCN(CC)C(=O)CN(C(C)=O)c1ccccc1C#N. The Hall–Kier alpha value is -2.35. The van der Waals surface area contributed by atoms with Crippen LogP contribution in [0.4, 0.5) is 5.69 Å². The van der Waals surface area contributed by atoms with E-state index >= 15 is 0 Å². The maximum absolute atomic E-state index is 12.1. The number of hydrogen-bond donors (Lipinski definition) is 0. The van der Waals surface area contributed by atoms with Gasteiger partial charge in [-0.05, 0) is 26.0 Å². The molecule has 0 aliphatic heterocycles. The Morgan fingerprint density at radius 2 is 1.80 bits per heavy atom. The second kappa shape index (κ2) is 7.29. The number of para-hydroxylation sites is 1. The first-order chi connectivity index (χ1) is 9.54. The van der Waals surface area contributed by atoms with E-state index in [1.807, 2.05) is 19.9 Å². The molecule has 1 rings (SSSR count). The fourth-order valence-corrected chi connectivity index (χ4v) is 1.98. The first kappa shape index (κ1) is 15.7. The zero-order chi connectivity index (χ0) is 15.1. The van der Waals surface area contributed by atoms with E-state index in [-0.39, 0.29) is 18.4 Å². The molecular formula is C15H19N3O2. The Balaban J connectivity index is 3.05. The summed E-state index contributed by atoms with van der Waals surface area (Å²) in [5, 5.41) is 9.10. The average molecular weight is 273 g/mol. The number of benzene rings is 1. The zero-order valence-electron chi connectivity index (χ0n) is 12.1. The highest BCUT2D eigenvalue weighted by atomic mass is 16.2. The number of nitrogens with zero attached hydrogens (tertiary/aromatic N) is 3. The van der Waals surface area contributed by atoms with Gasteiger partial charge in [0.15, 0.2) is 0 Å². The molecule has 5 nitrogen and oxygen atoms in total. The molecular weight excluding hydrogens is 254 g/mol. The molecule has 2 amide bonds. The molecule has 0 aliphatic rings. The summed E-state index contributed by atoms with van der Waals surface area (Å²) >= 11 is 0. The summed E-state index contributed by atoms with van der Waals surface area (Å²) < 4.78 is 0. The lowest BCUT2D eigenvalue weighted by atomic mass is 10.1. The molecule has 0 fully saturated rings. The van der Waals surface area contributed by atoms with Crippen LogP contribution in [0.5, 0.6) is 0 Å². The third-order valence-corrected chi connectivity index (χ3v) is 3.10. The quantitative estimate of drug-likeness (QED) is 0.821. The van der Waals surface area contributed by atoms with Crippen molar-refractivity contribution in [3.05, 3.63) is 29.8 Å². The fourth-order valence-electron chi connectivity index (χ4n) is 1.98. The first-order valence-electron chi connectivity index (χ1n) is 6.60. The predicted octanol–water partition coefficient (Wildman–Crippen LogP) is 1.78. The second-order valence-electron chi connectivity index (χ2n) is 4.30. The van der Waals surface area contributed by atoms with Gasteiger partial charge in [0.05, 0.1) is 11.3 Å². The first-order valence-corrected chi connectivity index (χ1v) is 6.60. The minimum Gasteiger partial charge on any atom is -0.342 e. The largest absolute Gasteiger partial charge is 0.342 e. The van der Waals surface area contributed by atoms with Crippen molar-refractivity contribution >= 4 is 17.5 Å². The molecule has 20 heavy (non-hydrogen) atoms. The van der Waals surface area contributed by atoms with Gasteiger partial charge in [0.2, 0.25) is 11.8 Å². The lowest BCUT2D eigenvalue weighted by molar-refractivity contribution is -0.130. The van der Waals surface area contributed by atoms with E-state index in [1.165, 1.54) is 11.8 Å². The van der Waals surface area contributed by atoms with Gasteiger partial charge in [0.25, 0.3) is 0 Å². The number of anilines is 1. The number of rotatable bonds is 5. The third-order valence-electron chi connectivity index (χ3n) is 3.10. The molecule has 0 atom stereocenters. The van der Waals surface area contributed by atoms with Crippen molar-refractivity contribution < 1.29 is 9.59 Å². The molecule has 1 aromatic rings. The van der Waals surface area contributed by atoms with E-state index in [4.69, 9.17) is 5.26 Å². The van der Waals surface area contributed by atoms with Crippen LogP contribution in [0.2, 0.25) is 0 Å². The van der Waals surface area contributed by atoms with Crippen molar-refractivity contribution in [3.8, 4) is 6.07 Å². The summed E-state index contributed by atoms with van der Waals surface area (Å²) in [7, 11) is 0. The summed E-state index contributed by atoms with van der Waals surface area (Å²) in [4.78, 5) is 26.9. The van der Waals surface area contributed by atoms with Crippen molar-refractivity contribution in [2.75, 3.05) is 24.5 Å². The lowest BCUT2D eigenvalue weighted by Crippen LogP contribution is -2.42. The van der Waals surface area contributed by atoms with Crippen LogP contribution in [-0.4, -0.2) is 36.3 Å². The molecule has 0 radical (unpaired) electrons. The number of carbonyl (C=O) groups excluding carboxylic acids is 2. The predicted molar refractivity (Wildman–Crippen MR) is 77.1 cm³/mol. The highest BCUT2D eigenvalue weighted by molar-refractivity contribution is 5.98. The summed E-state index contributed by atoms with van der Waals surface area (Å²) in [6.07, 6.45) is 0. The fraction of sp³-hybridized carbons (Fsp3) is 0.400. The number of likely N-dealkylation sites (N-methyl/N-ethyl adjacent to an activating group) is 1. The molecule has 106 valence electrons. The molecule has 5 heteroatoms. The lowest BCUT2D eigenvalue weighted by Gasteiger charge is -2.25. The topological polar surface area (TPSA) is 64.4 Å². The number of amides is 2. The highest BCUT2D eigenvalue weighted by Gasteiger charge is 2.20. The minimum absolute atomic E-state index is 0.0459. The van der Waals surface area contributed by atoms with Crippen LogP contribution < -0.4 is 4.90 Å².